The van der Waals surface area contributed by atoms with E-state index in [1.54, 1.807) is 21.8 Å². The van der Waals surface area contributed by atoms with E-state index >= 15 is 0 Å². The lowest BCUT2D eigenvalue weighted by atomic mass is 10.3. The van der Waals surface area contributed by atoms with Crippen LogP contribution in [0, 0.1) is 0 Å². The maximum Gasteiger partial charge on any atom is 0.238 e. The van der Waals surface area contributed by atoms with Crippen molar-refractivity contribution in [2.24, 2.45) is 0 Å². The van der Waals surface area contributed by atoms with Gasteiger partial charge in [-0.1, -0.05) is 69.0 Å². The standard InChI is InChI=1S/2C10H8ClN3.H2O4S/c2*11-9-7-14(13-6-10(9)12)8-4-2-1-3-5-8;1-5(2,3)4/h2*1-7,12H;(H2,1,2,3,4). The van der Waals surface area contributed by atoms with Crippen molar-refractivity contribution in [3.8, 4) is 11.4 Å². The third kappa shape index (κ3) is 9.35. The van der Waals surface area contributed by atoms with Gasteiger partial charge in [0.2, 0.25) is 23.8 Å². The second-order valence-corrected chi connectivity index (χ2v) is 7.75. The minimum absolute atomic E-state index is 0.485. The maximum absolute atomic E-state index is 8.52. The van der Waals surface area contributed by atoms with Crippen molar-refractivity contribution in [1.29, 1.82) is 0 Å². The van der Waals surface area contributed by atoms with E-state index < -0.39 is 10.4 Å². The van der Waals surface area contributed by atoms with Crippen LogP contribution in [0.3, 0.4) is 0 Å². The van der Waals surface area contributed by atoms with Gasteiger partial charge in [-0.3, -0.25) is 8.42 Å². The molecule has 0 unspecified atom stereocenters. The van der Waals surface area contributed by atoms with Crippen LogP contribution in [0.15, 0.2) is 85.5 Å². The summed E-state index contributed by atoms with van der Waals surface area (Å²) in [6.07, 6.45) is 6.45. The number of para-hydroxylation sites is 2. The lowest BCUT2D eigenvalue weighted by Gasteiger charge is -2.06. The van der Waals surface area contributed by atoms with E-state index in [4.69, 9.17) is 52.2 Å². The first-order chi connectivity index (χ1) is 15.5. The molecule has 4 rings (SSSR count). The molecular formula is C20H18Cl2N6O4S. The highest BCUT2D eigenvalue weighted by molar-refractivity contribution is 7.79. The second kappa shape index (κ2) is 12.0. The van der Waals surface area contributed by atoms with Crippen LogP contribution < -0.4 is 20.8 Å². The molecular weight excluding hydrogens is 491 g/mol. The number of aromatic nitrogens is 4. The number of halogens is 2. The molecule has 4 N–H and O–H groups in total. The first-order valence-electron chi connectivity index (χ1n) is 8.98. The minimum atomic E-state index is -5.17. The first kappa shape index (κ1) is 25.9. The van der Waals surface area contributed by atoms with Gasteiger partial charge in [0.15, 0.2) is 0 Å². The Kier molecular flexibility index (Phi) is 9.45. The average molecular weight is 509 g/mol. The predicted molar refractivity (Wildman–Crippen MR) is 121 cm³/mol. The summed E-state index contributed by atoms with van der Waals surface area (Å²) in [6.45, 7) is 0. The smallest absolute Gasteiger partial charge is 0.238 e. The van der Waals surface area contributed by atoms with Gasteiger partial charge in [0.1, 0.15) is 22.4 Å². The molecule has 0 aliphatic rings. The fraction of sp³-hybridized carbons (Fsp3) is 0. The summed E-state index contributed by atoms with van der Waals surface area (Å²) in [5.41, 5.74) is 14.0. The molecule has 33 heavy (non-hydrogen) atoms. The summed E-state index contributed by atoms with van der Waals surface area (Å²) in [6, 6.07) is 19.4. The summed E-state index contributed by atoms with van der Waals surface area (Å²) in [5.74, 6) is 0. The van der Waals surface area contributed by atoms with Crippen molar-refractivity contribution in [2.75, 3.05) is 11.5 Å². The number of benzene rings is 2. The summed E-state index contributed by atoms with van der Waals surface area (Å²) >= 11 is 11.8. The molecule has 0 amide bonds. The second-order valence-electron chi connectivity index (χ2n) is 6.12. The zero-order chi connectivity index (χ0) is 24.4. The zero-order valence-electron chi connectivity index (χ0n) is 16.8. The molecule has 2 aromatic carbocycles. The highest BCUT2D eigenvalue weighted by Crippen LogP contribution is 2.14. The number of hydrogen-bond donors (Lipinski definition) is 2. The molecule has 10 nitrogen and oxygen atoms in total. The van der Waals surface area contributed by atoms with E-state index in [0.717, 1.165) is 11.4 Å². The van der Waals surface area contributed by atoms with E-state index in [1.165, 1.54) is 12.4 Å². The quantitative estimate of drug-likeness (QED) is 0.235. The average Bonchev–Trinajstić information content (AvgIpc) is 2.78. The molecule has 0 aliphatic carbocycles. The summed E-state index contributed by atoms with van der Waals surface area (Å²) < 4.78 is 37.4. The SMILES string of the molecule is Nc1cn[n+](-c2ccccc2)cc1Cl.Nc1cn[n+](-c2ccccc2)cc1Cl.O=S(=O)([O-])[O-]. The fourth-order valence-corrected chi connectivity index (χ4v) is 2.53. The minimum Gasteiger partial charge on any atom is -0.759 e. The van der Waals surface area contributed by atoms with Gasteiger partial charge in [0.05, 0.1) is 11.4 Å². The number of hydrogen-bond acceptors (Lipinski definition) is 8. The van der Waals surface area contributed by atoms with E-state index in [-0.39, 0.29) is 0 Å². The molecule has 0 aliphatic heterocycles. The van der Waals surface area contributed by atoms with Crippen molar-refractivity contribution < 1.29 is 26.9 Å². The molecule has 172 valence electrons. The van der Waals surface area contributed by atoms with Gasteiger partial charge in [-0.25, -0.2) is 0 Å². The zero-order valence-corrected chi connectivity index (χ0v) is 19.2. The Bertz CT molecular complexity index is 1200. The summed E-state index contributed by atoms with van der Waals surface area (Å²) in [4.78, 5) is 0. The van der Waals surface area contributed by atoms with E-state index in [1.807, 2.05) is 60.7 Å². The summed E-state index contributed by atoms with van der Waals surface area (Å²) in [7, 11) is -5.17. The van der Waals surface area contributed by atoms with Gasteiger partial charge in [0, 0.05) is 44.9 Å². The number of nitrogen functional groups attached to an aromatic ring is 2. The Balaban J connectivity index is 0.000000195. The van der Waals surface area contributed by atoms with Crippen LogP contribution in [0.2, 0.25) is 10.0 Å². The van der Waals surface area contributed by atoms with E-state index in [9.17, 15) is 0 Å². The predicted octanol–water partition coefficient (Wildman–Crippen LogP) is 1.85. The van der Waals surface area contributed by atoms with E-state index in [0.29, 0.717) is 21.4 Å². The van der Waals surface area contributed by atoms with Crippen LogP contribution >= 0.6 is 23.2 Å². The molecule has 0 saturated carbocycles. The molecule has 2 heterocycles. The Morgan fingerprint density at radius 3 is 1.27 bits per heavy atom. The van der Waals surface area contributed by atoms with Crippen molar-refractivity contribution >= 4 is 45.0 Å². The third-order valence-electron chi connectivity index (χ3n) is 3.71. The molecule has 0 atom stereocenters. The van der Waals surface area contributed by atoms with Crippen LogP contribution in [-0.2, 0) is 10.4 Å². The number of nitrogens with zero attached hydrogens (tertiary/aromatic N) is 4. The van der Waals surface area contributed by atoms with Gasteiger partial charge >= 0.3 is 0 Å². The largest absolute Gasteiger partial charge is 0.759 e. The highest BCUT2D eigenvalue weighted by Gasteiger charge is 2.10. The maximum atomic E-state index is 8.52. The first-order valence-corrected chi connectivity index (χ1v) is 11.1. The fourth-order valence-electron chi connectivity index (χ4n) is 2.25. The van der Waals surface area contributed by atoms with Crippen molar-refractivity contribution in [2.45, 2.75) is 0 Å². The number of rotatable bonds is 2. The van der Waals surface area contributed by atoms with Crippen molar-refractivity contribution in [3.05, 3.63) is 95.5 Å². The van der Waals surface area contributed by atoms with Crippen LogP contribution in [0.5, 0.6) is 0 Å². The Morgan fingerprint density at radius 2 is 1.00 bits per heavy atom. The molecule has 13 heteroatoms. The Labute approximate surface area is 200 Å². The lowest BCUT2D eigenvalue weighted by molar-refractivity contribution is -0.659. The topological polar surface area (TPSA) is 166 Å². The lowest BCUT2D eigenvalue weighted by Crippen LogP contribution is -2.34. The molecule has 2 aromatic heterocycles. The van der Waals surface area contributed by atoms with Crippen LogP contribution in [0.25, 0.3) is 11.4 Å². The summed E-state index contributed by atoms with van der Waals surface area (Å²) in [5, 5.41) is 9.24. The van der Waals surface area contributed by atoms with Crippen LogP contribution in [0.1, 0.15) is 0 Å². The molecule has 0 bridgehead atoms. The Morgan fingerprint density at radius 1 is 0.697 bits per heavy atom. The number of anilines is 2. The Hall–Kier alpha value is -3.35. The van der Waals surface area contributed by atoms with E-state index in [2.05, 4.69) is 10.2 Å². The van der Waals surface area contributed by atoms with Gasteiger partial charge < -0.3 is 20.6 Å². The molecule has 0 radical (unpaired) electrons. The van der Waals surface area contributed by atoms with Gasteiger partial charge in [-0.05, 0) is 0 Å². The molecule has 4 aromatic rings. The van der Waals surface area contributed by atoms with Crippen molar-refractivity contribution in [1.82, 2.24) is 10.2 Å². The molecule has 0 saturated heterocycles. The van der Waals surface area contributed by atoms with Gasteiger partial charge in [0.25, 0.3) is 0 Å². The van der Waals surface area contributed by atoms with Crippen LogP contribution in [-0.4, -0.2) is 27.7 Å². The molecule has 0 spiro atoms. The normalized spacial score (nSPS) is 10.3. The van der Waals surface area contributed by atoms with Gasteiger partial charge in [-0.2, -0.15) is 0 Å². The highest BCUT2D eigenvalue weighted by atomic mass is 35.5. The third-order valence-corrected chi connectivity index (χ3v) is 4.34. The van der Waals surface area contributed by atoms with Gasteiger partial charge in [-0.15, -0.1) is 0 Å². The monoisotopic (exact) mass is 508 g/mol. The molecule has 0 fully saturated rings. The van der Waals surface area contributed by atoms with Crippen LogP contribution in [0.4, 0.5) is 11.4 Å². The number of nitrogens with two attached hydrogens (primary N) is 2. The van der Waals surface area contributed by atoms with Crippen molar-refractivity contribution in [3.63, 3.8) is 0 Å².